The maximum absolute atomic E-state index is 6.37. The van der Waals surface area contributed by atoms with Gasteiger partial charge in [0, 0.05) is 28.7 Å². The molecule has 0 aliphatic carbocycles. The van der Waals surface area contributed by atoms with E-state index in [1.165, 1.54) is 5.56 Å². The molecule has 0 amide bonds. The molecule has 0 radical (unpaired) electrons. The maximum atomic E-state index is 6.37. The highest BCUT2D eigenvalue weighted by Crippen LogP contribution is 2.28. The maximum Gasteiger partial charge on any atom is 0.0593 e. The summed E-state index contributed by atoms with van der Waals surface area (Å²) in [4.78, 5) is 2.30. The molecule has 0 bridgehead atoms. The lowest BCUT2D eigenvalue weighted by Gasteiger charge is -2.23. The number of likely N-dealkylation sites (N-methyl/N-ethyl adjacent to an activating group) is 1. The molecule has 0 saturated carbocycles. The van der Waals surface area contributed by atoms with Crippen molar-refractivity contribution in [3.8, 4) is 0 Å². The molecule has 21 heavy (non-hydrogen) atoms. The molecule has 0 aliphatic rings. The minimum atomic E-state index is 0.283. The van der Waals surface area contributed by atoms with Gasteiger partial charge < -0.3 is 15.0 Å². The second-order valence-corrected chi connectivity index (χ2v) is 6.39. The first-order valence-corrected chi connectivity index (χ1v) is 8.70. The Kier molecular flexibility index (Phi) is 9.52. The van der Waals surface area contributed by atoms with Crippen molar-refractivity contribution in [3.05, 3.63) is 33.3 Å². The Labute approximate surface area is 142 Å². The molecular weight excluding hydrogens is 352 g/mol. The summed E-state index contributed by atoms with van der Waals surface area (Å²) in [6.45, 7) is 8.62. The summed E-state index contributed by atoms with van der Waals surface area (Å²) >= 11 is 9.83. The van der Waals surface area contributed by atoms with E-state index in [4.69, 9.17) is 16.3 Å². The third-order valence-corrected chi connectivity index (χ3v) is 4.23. The molecule has 0 spiro atoms. The van der Waals surface area contributed by atoms with Gasteiger partial charge in [-0.05, 0) is 51.2 Å². The van der Waals surface area contributed by atoms with E-state index in [1.807, 2.05) is 19.1 Å². The lowest BCUT2D eigenvalue weighted by atomic mass is 10.0. The molecule has 120 valence electrons. The van der Waals surface area contributed by atoms with Gasteiger partial charge in [0.05, 0.1) is 6.61 Å². The first kappa shape index (κ1) is 18.9. The highest BCUT2D eigenvalue weighted by molar-refractivity contribution is 9.10. The Morgan fingerprint density at radius 2 is 2.10 bits per heavy atom. The molecule has 1 rings (SSSR count). The fraction of sp³-hybridized carbons (Fsp3) is 0.625. The zero-order valence-corrected chi connectivity index (χ0v) is 15.5. The number of nitrogens with zero attached hydrogens (tertiary/aromatic N) is 1. The van der Waals surface area contributed by atoms with Gasteiger partial charge in [0.15, 0.2) is 0 Å². The van der Waals surface area contributed by atoms with Crippen LogP contribution in [0.3, 0.4) is 0 Å². The first-order chi connectivity index (χ1) is 10.1. The van der Waals surface area contributed by atoms with Gasteiger partial charge in [-0.3, -0.25) is 0 Å². The summed E-state index contributed by atoms with van der Waals surface area (Å²) in [7, 11) is 2.13. The lowest BCUT2D eigenvalue weighted by Crippen LogP contribution is -2.29. The average molecular weight is 378 g/mol. The number of benzene rings is 1. The standard InChI is InChI=1S/C16H26BrClN2O/c1-4-19-16(8-9-20(3)10-11-21-5-2)14-7-6-13(17)12-15(14)18/h6-7,12,16,19H,4-5,8-11H2,1-3H3. The van der Waals surface area contributed by atoms with Gasteiger partial charge in [0.2, 0.25) is 0 Å². The summed E-state index contributed by atoms with van der Waals surface area (Å²) in [5, 5.41) is 4.34. The number of nitrogens with one attached hydrogen (secondary N) is 1. The second kappa shape index (κ2) is 10.6. The highest BCUT2D eigenvalue weighted by atomic mass is 79.9. The summed E-state index contributed by atoms with van der Waals surface area (Å²) in [6, 6.07) is 6.38. The van der Waals surface area contributed by atoms with Crippen LogP contribution in [0.5, 0.6) is 0 Å². The number of ether oxygens (including phenoxy) is 1. The van der Waals surface area contributed by atoms with Gasteiger partial charge >= 0.3 is 0 Å². The molecule has 3 nitrogen and oxygen atoms in total. The number of halogens is 2. The molecule has 1 N–H and O–H groups in total. The van der Waals surface area contributed by atoms with E-state index >= 15 is 0 Å². The van der Waals surface area contributed by atoms with Crippen molar-refractivity contribution >= 4 is 27.5 Å². The summed E-state index contributed by atoms with van der Waals surface area (Å²) in [6.07, 6.45) is 1.03. The Hall–Kier alpha value is -0.130. The van der Waals surface area contributed by atoms with Crippen LogP contribution in [0.1, 0.15) is 31.9 Å². The van der Waals surface area contributed by atoms with Crippen LogP contribution < -0.4 is 5.32 Å². The minimum absolute atomic E-state index is 0.283. The first-order valence-electron chi connectivity index (χ1n) is 7.53. The molecular formula is C16H26BrClN2O. The topological polar surface area (TPSA) is 24.5 Å². The number of rotatable bonds is 10. The van der Waals surface area contributed by atoms with Crippen LogP contribution in [0.25, 0.3) is 0 Å². The summed E-state index contributed by atoms with van der Waals surface area (Å²) in [5.41, 5.74) is 1.17. The second-order valence-electron chi connectivity index (χ2n) is 5.06. The van der Waals surface area contributed by atoms with Gasteiger partial charge in [-0.25, -0.2) is 0 Å². The van der Waals surface area contributed by atoms with Crippen molar-refractivity contribution in [3.63, 3.8) is 0 Å². The summed E-state index contributed by atoms with van der Waals surface area (Å²) < 4.78 is 6.41. The third-order valence-electron chi connectivity index (χ3n) is 3.41. The number of hydrogen-bond donors (Lipinski definition) is 1. The van der Waals surface area contributed by atoms with Crippen LogP contribution in [0, 0.1) is 0 Å². The van der Waals surface area contributed by atoms with Crippen molar-refractivity contribution in [2.45, 2.75) is 26.3 Å². The van der Waals surface area contributed by atoms with Crippen LogP contribution in [0.15, 0.2) is 22.7 Å². The predicted molar refractivity (Wildman–Crippen MR) is 94.2 cm³/mol. The van der Waals surface area contributed by atoms with Gasteiger partial charge in [-0.1, -0.05) is 40.5 Å². The van der Waals surface area contributed by atoms with E-state index in [-0.39, 0.29) is 6.04 Å². The lowest BCUT2D eigenvalue weighted by molar-refractivity contribution is 0.121. The SMILES string of the molecule is CCNC(CCN(C)CCOCC)c1ccc(Br)cc1Cl. The Bertz CT molecular complexity index is 417. The summed E-state index contributed by atoms with van der Waals surface area (Å²) in [5.74, 6) is 0. The molecule has 0 fully saturated rings. The monoisotopic (exact) mass is 376 g/mol. The van der Waals surface area contributed by atoms with Gasteiger partial charge in [-0.15, -0.1) is 0 Å². The Morgan fingerprint density at radius 3 is 2.71 bits per heavy atom. The Balaban J connectivity index is 2.57. The van der Waals surface area contributed by atoms with E-state index in [0.29, 0.717) is 0 Å². The van der Waals surface area contributed by atoms with E-state index in [0.717, 1.165) is 48.8 Å². The van der Waals surface area contributed by atoms with E-state index < -0.39 is 0 Å². The van der Waals surface area contributed by atoms with Gasteiger partial charge in [0.1, 0.15) is 0 Å². The molecule has 1 aromatic rings. The predicted octanol–water partition coefficient (Wildman–Crippen LogP) is 4.11. The molecule has 1 unspecified atom stereocenters. The average Bonchev–Trinajstić information content (AvgIpc) is 2.44. The van der Waals surface area contributed by atoms with Gasteiger partial charge in [-0.2, -0.15) is 0 Å². The van der Waals surface area contributed by atoms with Crippen molar-refractivity contribution in [2.75, 3.05) is 39.9 Å². The van der Waals surface area contributed by atoms with Crippen LogP contribution >= 0.6 is 27.5 Å². The van der Waals surface area contributed by atoms with Crippen LogP contribution in [0.2, 0.25) is 5.02 Å². The van der Waals surface area contributed by atoms with E-state index in [2.05, 4.69) is 46.2 Å². The van der Waals surface area contributed by atoms with Crippen molar-refractivity contribution in [1.29, 1.82) is 0 Å². The molecule has 1 aromatic carbocycles. The van der Waals surface area contributed by atoms with Crippen LogP contribution in [-0.4, -0.2) is 44.8 Å². The molecule has 0 aromatic heterocycles. The molecule has 1 atom stereocenters. The van der Waals surface area contributed by atoms with Crippen molar-refractivity contribution in [1.82, 2.24) is 10.2 Å². The van der Waals surface area contributed by atoms with Crippen LogP contribution in [0.4, 0.5) is 0 Å². The Morgan fingerprint density at radius 1 is 1.33 bits per heavy atom. The van der Waals surface area contributed by atoms with E-state index in [1.54, 1.807) is 0 Å². The normalized spacial score (nSPS) is 12.9. The largest absolute Gasteiger partial charge is 0.380 e. The van der Waals surface area contributed by atoms with Gasteiger partial charge in [0.25, 0.3) is 0 Å². The zero-order chi connectivity index (χ0) is 15.7. The quantitative estimate of drug-likeness (QED) is 0.621. The minimum Gasteiger partial charge on any atom is -0.380 e. The molecule has 0 heterocycles. The van der Waals surface area contributed by atoms with Crippen LogP contribution in [-0.2, 0) is 4.74 Å². The molecule has 0 aliphatic heterocycles. The number of hydrogen-bond acceptors (Lipinski definition) is 3. The van der Waals surface area contributed by atoms with Crippen molar-refractivity contribution in [2.24, 2.45) is 0 Å². The fourth-order valence-corrected chi connectivity index (χ4v) is 3.03. The molecule has 0 saturated heterocycles. The third kappa shape index (κ3) is 7.11. The fourth-order valence-electron chi connectivity index (χ4n) is 2.22. The zero-order valence-electron chi connectivity index (χ0n) is 13.2. The van der Waals surface area contributed by atoms with Crippen molar-refractivity contribution < 1.29 is 4.74 Å². The highest BCUT2D eigenvalue weighted by Gasteiger charge is 2.14. The van der Waals surface area contributed by atoms with E-state index in [9.17, 15) is 0 Å². The smallest absolute Gasteiger partial charge is 0.0593 e. The molecule has 5 heteroatoms.